The molecule has 29 heavy (non-hydrogen) atoms. The van der Waals surface area contributed by atoms with Gasteiger partial charge in [0.25, 0.3) is 0 Å². The molecule has 2 aromatic heterocycles. The molecule has 0 aliphatic carbocycles. The number of piperidine rings is 1. The molecule has 6 nitrogen and oxygen atoms in total. The summed E-state index contributed by atoms with van der Waals surface area (Å²) in [4.78, 5) is 6.21. The van der Waals surface area contributed by atoms with Crippen LogP contribution in [0.15, 0.2) is 43.0 Å². The van der Waals surface area contributed by atoms with E-state index < -0.39 is 0 Å². The average Bonchev–Trinajstić information content (AvgIpc) is 3.23. The second-order valence-corrected chi connectivity index (χ2v) is 7.66. The molecule has 148 valence electrons. The Kier molecular flexibility index (Phi) is 5.26. The minimum Gasteiger partial charge on any atom is -0.370 e. The van der Waals surface area contributed by atoms with Crippen LogP contribution in [0.2, 0.25) is 0 Å². The zero-order valence-corrected chi connectivity index (χ0v) is 16.6. The number of para-hydroxylation sites is 1. The van der Waals surface area contributed by atoms with E-state index in [0.717, 1.165) is 43.0 Å². The molecule has 1 fully saturated rings. The lowest BCUT2D eigenvalue weighted by molar-refractivity contribution is 0.449. The van der Waals surface area contributed by atoms with Gasteiger partial charge in [0.1, 0.15) is 24.0 Å². The van der Waals surface area contributed by atoms with Gasteiger partial charge in [-0.25, -0.2) is 4.39 Å². The van der Waals surface area contributed by atoms with E-state index in [1.165, 1.54) is 12.3 Å². The number of nitrogens with zero attached hydrogens (tertiary/aromatic N) is 6. The fourth-order valence-corrected chi connectivity index (χ4v) is 4.07. The number of halogens is 1. The number of rotatable bonds is 4. The van der Waals surface area contributed by atoms with Crippen molar-refractivity contribution in [2.24, 2.45) is 0 Å². The highest BCUT2D eigenvalue weighted by Crippen LogP contribution is 2.37. The number of hydrogen-bond donors (Lipinski definition) is 0. The summed E-state index contributed by atoms with van der Waals surface area (Å²) in [6.45, 7) is 5.85. The third-order valence-electron chi connectivity index (χ3n) is 5.51. The van der Waals surface area contributed by atoms with Crippen molar-refractivity contribution in [3.8, 4) is 17.2 Å². The number of nitriles is 1. The van der Waals surface area contributed by atoms with Crippen molar-refractivity contribution in [2.45, 2.75) is 38.6 Å². The summed E-state index contributed by atoms with van der Waals surface area (Å²) >= 11 is 0. The zero-order valence-electron chi connectivity index (χ0n) is 16.6. The molecule has 1 aliphatic rings. The molecule has 0 bridgehead atoms. The molecule has 3 heterocycles. The van der Waals surface area contributed by atoms with Gasteiger partial charge in [-0.05, 0) is 38.8 Å². The largest absolute Gasteiger partial charge is 0.370 e. The summed E-state index contributed by atoms with van der Waals surface area (Å²) in [6.07, 6.45) is 6.47. The Bertz CT molecular complexity index is 1040. The highest BCUT2D eigenvalue weighted by Gasteiger charge is 2.27. The molecular weight excluding hydrogens is 367 g/mol. The summed E-state index contributed by atoms with van der Waals surface area (Å²) in [5.41, 5.74) is 2.96. The molecule has 0 amide bonds. The van der Waals surface area contributed by atoms with Gasteiger partial charge < -0.3 is 9.47 Å². The van der Waals surface area contributed by atoms with Crippen LogP contribution in [0.25, 0.3) is 11.1 Å². The predicted molar refractivity (Wildman–Crippen MR) is 109 cm³/mol. The third kappa shape index (κ3) is 3.70. The van der Waals surface area contributed by atoms with E-state index in [4.69, 9.17) is 0 Å². The molecule has 0 atom stereocenters. The normalized spacial score (nSPS) is 14.9. The maximum Gasteiger partial charge on any atom is 0.142 e. The van der Waals surface area contributed by atoms with Crippen LogP contribution in [0.1, 0.15) is 50.0 Å². The van der Waals surface area contributed by atoms with Crippen LogP contribution >= 0.6 is 0 Å². The summed E-state index contributed by atoms with van der Waals surface area (Å²) < 4.78 is 15.9. The number of benzene rings is 1. The Hall–Kier alpha value is -3.27. The smallest absolute Gasteiger partial charge is 0.142 e. The highest BCUT2D eigenvalue weighted by molar-refractivity contribution is 5.82. The Balaban J connectivity index is 1.63. The molecular formula is C22H23FN6. The van der Waals surface area contributed by atoms with Crippen molar-refractivity contribution in [2.75, 3.05) is 18.0 Å². The van der Waals surface area contributed by atoms with Crippen LogP contribution in [-0.2, 0) is 0 Å². The monoisotopic (exact) mass is 390 g/mol. The van der Waals surface area contributed by atoms with E-state index in [1.807, 2.05) is 18.2 Å². The van der Waals surface area contributed by atoms with E-state index in [9.17, 15) is 9.65 Å². The number of pyridine rings is 1. The summed E-state index contributed by atoms with van der Waals surface area (Å²) in [7, 11) is 0. The quantitative estimate of drug-likeness (QED) is 0.664. The highest BCUT2D eigenvalue weighted by atomic mass is 19.1. The van der Waals surface area contributed by atoms with Crippen LogP contribution in [0, 0.1) is 17.1 Å². The second kappa shape index (κ2) is 8.00. The van der Waals surface area contributed by atoms with Gasteiger partial charge in [-0.15, -0.1) is 10.2 Å². The van der Waals surface area contributed by atoms with Crippen molar-refractivity contribution < 1.29 is 4.39 Å². The van der Waals surface area contributed by atoms with Crippen LogP contribution in [-0.4, -0.2) is 32.8 Å². The SMILES string of the molecule is CC(C)n1cnnc1C1CCN(c2c(C#N)cccc2-c2cncc(F)c2)CC1. The Labute approximate surface area is 169 Å². The zero-order chi connectivity index (χ0) is 20.4. The van der Waals surface area contributed by atoms with Gasteiger partial charge in [-0.1, -0.05) is 12.1 Å². The Morgan fingerprint density at radius 3 is 2.69 bits per heavy atom. The van der Waals surface area contributed by atoms with Crippen molar-refractivity contribution >= 4 is 5.69 Å². The van der Waals surface area contributed by atoms with E-state index in [0.29, 0.717) is 23.1 Å². The standard InChI is InChI=1S/C22H23FN6/c1-15(2)29-14-26-27-22(29)16-6-8-28(9-7-16)21-17(11-24)4-3-5-20(21)18-10-19(23)13-25-12-18/h3-5,10,12-16H,6-9H2,1-2H3. The first-order valence-electron chi connectivity index (χ1n) is 9.87. The third-order valence-corrected chi connectivity index (χ3v) is 5.51. The van der Waals surface area contributed by atoms with Gasteiger partial charge in [-0.3, -0.25) is 4.98 Å². The maximum atomic E-state index is 13.8. The van der Waals surface area contributed by atoms with Crippen LogP contribution in [0.3, 0.4) is 0 Å². The van der Waals surface area contributed by atoms with Crippen molar-refractivity contribution in [1.29, 1.82) is 5.26 Å². The van der Waals surface area contributed by atoms with Gasteiger partial charge in [0.05, 0.1) is 17.4 Å². The maximum absolute atomic E-state index is 13.8. The number of hydrogen-bond acceptors (Lipinski definition) is 5. The minimum absolute atomic E-state index is 0.324. The van der Waals surface area contributed by atoms with E-state index in [-0.39, 0.29) is 5.82 Å². The lowest BCUT2D eigenvalue weighted by atomic mass is 9.93. The molecule has 1 aromatic carbocycles. The van der Waals surface area contributed by atoms with E-state index in [1.54, 1.807) is 12.5 Å². The van der Waals surface area contributed by atoms with E-state index >= 15 is 0 Å². The fourth-order valence-electron chi connectivity index (χ4n) is 4.07. The Morgan fingerprint density at radius 2 is 2.00 bits per heavy atom. The first-order chi connectivity index (χ1) is 14.1. The van der Waals surface area contributed by atoms with Crippen molar-refractivity contribution in [3.63, 3.8) is 0 Å². The molecule has 1 saturated heterocycles. The first-order valence-corrected chi connectivity index (χ1v) is 9.87. The van der Waals surface area contributed by atoms with Crippen LogP contribution in [0.4, 0.5) is 10.1 Å². The predicted octanol–water partition coefficient (Wildman–Crippen LogP) is 4.32. The van der Waals surface area contributed by atoms with Gasteiger partial charge in [-0.2, -0.15) is 5.26 Å². The summed E-state index contributed by atoms with van der Waals surface area (Å²) in [5, 5.41) is 18.1. The van der Waals surface area contributed by atoms with Crippen molar-refractivity contribution in [1.82, 2.24) is 19.7 Å². The fraction of sp³-hybridized carbons (Fsp3) is 0.364. The summed E-state index contributed by atoms with van der Waals surface area (Å²) in [6, 6.07) is 9.66. The number of aromatic nitrogens is 4. The van der Waals surface area contributed by atoms with Crippen LogP contribution in [0.5, 0.6) is 0 Å². The van der Waals surface area contributed by atoms with Gasteiger partial charge in [0.2, 0.25) is 0 Å². The molecule has 3 aromatic rings. The van der Waals surface area contributed by atoms with Crippen molar-refractivity contribution in [3.05, 3.63) is 60.2 Å². The molecule has 0 radical (unpaired) electrons. The topological polar surface area (TPSA) is 70.6 Å². The summed E-state index contributed by atoms with van der Waals surface area (Å²) in [5.74, 6) is 0.981. The minimum atomic E-state index is -0.387. The molecule has 0 spiro atoms. The number of anilines is 1. The Morgan fingerprint density at radius 1 is 1.21 bits per heavy atom. The molecule has 4 rings (SSSR count). The lowest BCUT2D eigenvalue weighted by Crippen LogP contribution is -2.34. The molecule has 0 N–H and O–H groups in total. The molecule has 7 heteroatoms. The molecule has 0 unspecified atom stereocenters. The van der Waals surface area contributed by atoms with Gasteiger partial charge in [0.15, 0.2) is 0 Å². The van der Waals surface area contributed by atoms with Gasteiger partial charge in [0, 0.05) is 42.4 Å². The average molecular weight is 390 g/mol. The molecule has 0 saturated carbocycles. The second-order valence-electron chi connectivity index (χ2n) is 7.66. The van der Waals surface area contributed by atoms with E-state index in [2.05, 4.69) is 44.6 Å². The lowest BCUT2D eigenvalue weighted by Gasteiger charge is -2.35. The van der Waals surface area contributed by atoms with Crippen LogP contribution < -0.4 is 4.90 Å². The first kappa shape index (κ1) is 19.1. The molecule has 1 aliphatic heterocycles. The van der Waals surface area contributed by atoms with Gasteiger partial charge >= 0.3 is 0 Å².